The van der Waals surface area contributed by atoms with Crippen LogP contribution in [0.5, 0.6) is 0 Å². The van der Waals surface area contributed by atoms with Gasteiger partial charge in [-0.15, -0.1) is 0 Å². The van der Waals surface area contributed by atoms with Gasteiger partial charge in [-0.1, -0.05) is 42.5 Å². The number of nitrogens with zero attached hydrogens (tertiary/aromatic N) is 5. The molecule has 3 aromatic heterocycles. The van der Waals surface area contributed by atoms with E-state index in [-0.39, 0.29) is 54.0 Å². The van der Waals surface area contributed by atoms with Gasteiger partial charge in [-0.3, -0.25) is 24.1 Å². The molecule has 1 aliphatic rings. The van der Waals surface area contributed by atoms with Gasteiger partial charge in [-0.25, -0.2) is 18.5 Å². The van der Waals surface area contributed by atoms with Crippen molar-refractivity contribution < 1.29 is 36.6 Å². The van der Waals surface area contributed by atoms with Gasteiger partial charge in [-0.2, -0.15) is 13.2 Å². The number of hydrogen-bond donors (Lipinski definition) is 1. The first kappa shape index (κ1) is 38.8. The zero-order valence-electron chi connectivity index (χ0n) is 30.8. The predicted octanol–water partition coefficient (Wildman–Crippen LogP) is 4.97. The Hall–Kier alpha value is -6.42. The molecule has 1 fully saturated rings. The van der Waals surface area contributed by atoms with Crippen LogP contribution in [0.15, 0.2) is 101 Å². The molecular weight excluding hydrogens is 748 g/mol. The lowest BCUT2D eigenvalue weighted by Gasteiger charge is -2.38. The summed E-state index contributed by atoms with van der Waals surface area (Å²) in [4.78, 5) is 64.4. The molecule has 1 N–H and O–H groups in total. The molecule has 0 bridgehead atoms. The fourth-order valence-corrected chi connectivity index (χ4v) is 7.10. The number of hydrogen-bond acceptors (Lipinski definition) is 9. The molecule has 16 heteroatoms. The van der Waals surface area contributed by atoms with Crippen molar-refractivity contribution in [3.05, 3.63) is 140 Å². The number of carbonyl (C=O) groups excluding carboxylic acids is 2. The van der Waals surface area contributed by atoms with E-state index in [1.54, 1.807) is 18.2 Å². The van der Waals surface area contributed by atoms with Crippen LogP contribution in [0.2, 0.25) is 0 Å². The molecule has 0 aliphatic carbocycles. The van der Waals surface area contributed by atoms with Gasteiger partial charge in [0.2, 0.25) is 0 Å². The molecule has 6 aromatic rings. The number of benzene rings is 3. The highest BCUT2D eigenvalue weighted by Crippen LogP contribution is 2.33. The van der Waals surface area contributed by atoms with Crippen molar-refractivity contribution in [1.82, 2.24) is 24.4 Å². The summed E-state index contributed by atoms with van der Waals surface area (Å²) >= 11 is 0. The molecule has 1 aliphatic heterocycles. The summed E-state index contributed by atoms with van der Waals surface area (Å²) in [5.74, 6) is -2.90. The van der Waals surface area contributed by atoms with E-state index < -0.39 is 59.4 Å². The van der Waals surface area contributed by atoms with Crippen molar-refractivity contribution in [2.24, 2.45) is 7.05 Å². The summed E-state index contributed by atoms with van der Waals surface area (Å²) in [6.45, 7) is 0.586. The molecule has 294 valence electrons. The van der Waals surface area contributed by atoms with Crippen LogP contribution in [-0.2, 0) is 34.2 Å². The highest BCUT2D eigenvalue weighted by atomic mass is 19.4. The maximum atomic E-state index is 15.8. The minimum Gasteiger partial charge on any atom is -0.464 e. The Bertz CT molecular complexity index is 2590. The molecule has 3 aromatic carbocycles. The second kappa shape index (κ2) is 16.0. The average molecular weight is 785 g/mol. The van der Waals surface area contributed by atoms with Crippen LogP contribution >= 0.6 is 0 Å². The third kappa shape index (κ3) is 7.85. The first-order valence-electron chi connectivity index (χ1n) is 18.0. The SMILES string of the molecule is Cc1cc(N2CCOC[C@@H]2C(F)(F)F)cc(F)c1C(=O)N[C@@H](Cc1ccc(-n2c(=O)c3ccncc3n(C)c2=O)c2ncccc12)C(=O)OCCc1ccccc1. The Morgan fingerprint density at radius 1 is 1.02 bits per heavy atom. The second-order valence-corrected chi connectivity index (χ2v) is 13.6. The van der Waals surface area contributed by atoms with Crippen molar-refractivity contribution in [3.8, 4) is 5.69 Å². The number of anilines is 1. The van der Waals surface area contributed by atoms with Crippen molar-refractivity contribution in [3.63, 3.8) is 0 Å². The smallest absolute Gasteiger partial charge is 0.411 e. The van der Waals surface area contributed by atoms with E-state index in [0.29, 0.717) is 22.9 Å². The van der Waals surface area contributed by atoms with E-state index in [1.165, 1.54) is 55.3 Å². The number of fused-ring (bicyclic) bond motifs is 2. The van der Waals surface area contributed by atoms with Crippen LogP contribution in [0.25, 0.3) is 27.5 Å². The molecule has 0 unspecified atom stereocenters. The van der Waals surface area contributed by atoms with E-state index in [9.17, 15) is 32.3 Å². The zero-order chi connectivity index (χ0) is 40.4. The molecular formula is C41H36F4N6O6. The first-order valence-corrected chi connectivity index (χ1v) is 18.0. The molecule has 0 radical (unpaired) electrons. The Morgan fingerprint density at radius 3 is 2.56 bits per heavy atom. The zero-order valence-corrected chi connectivity index (χ0v) is 30.8. The van der Waals surface area contributed by atoms with Crippen LogP contribution in [0.1, 0.15) is 27.0 Å². The van der Waals surface area contributed by atoms with Crippen LogP contribution < -0.4 is 21.5 Å². The van der Waals surface area contributed by atoms with Gasteiger partial charge < -0.3 is 19.7 Å². The van der Waals surface area contributed by atoms with Gasteiger partial charge in [0.05, 0.1) is 53.7 Å². The largest absolute Gasteiger partial charge is 0.464 e. The highest BCUT2D eigenvalue weighted by molar-refractivity contribution is 5.99. The number of nitrogens with one attached hydrogen (secondary N) is 1. The monoisotopic (exact) mass is 784 g/mol. The Balaban J connectivity index is 1.23. The lowest BCUT2D eigenvalue weighted by atomic mass is 9.99. The van der Waals surface area contributed by atoms with E-state index in [1.807, 2.05) is 30.3 Å². The fraction of sp³-hybridized carbons (Fsp3) is 0.268. The van der Waals surface area contributed by atoms with E-state index >= 15 is 4.39 Å². The van der Waals surface area contributed by atoms with Gasteiger partial charge >= 0.3 is 17.8 Å². The molecule has 57 heavy (non-hydrogen) atoms. The summed E-state index contributed by atoms with van der Waals surface area (Å²) in [5.41, 5.74) is 0.431. The third-order valence-corrected chi connectivity index (χ3v) is 9.98. The van der Waals surface area contributed by atoms with Crippen LogP contribution in [0.4, 0.5) is 23.2 Å². The van der Waals surface area contributed by atoms with Gasteiger partial charge in [-0.05, 0) is 53.9 Å². The van der Waals surface area contributed by atoms with Gasteiger partial charge in [0.1, 0.15) is 17.9 Å². The summed E-state index contributed by atoms with van der Waals surface area (Å²) in [5, 5.41) is 3.30. The summed E-state index contributed by atoms with van der Waals surface area (Å²) in [7, 11) is 1.52. The van der Waals surface area contributed by atoms with E-state index in [0.717, 1.165) is 21.1 Å². The Morgan fingerprint density at radius 2 is 1.81 bits per heavy atom. The van der Waals surface area contributed by atoms with E-state index in [4.69, 9.17) is 9.47 Å². The highest BCUT2D eigenvalue weighted by Gasteiger charge is 2.45. The maximum absolute atomic E-state index is 15.8. The predicted molar refractivity (Wildman–Crippen MR) is 203 cm³/mol. The number of aromatic nitrogens is 4. The van der Waals surface area contributed by atoms with Crippen LogP contribution in [-0.4, -0.2) is 75.6 Å². The number of ether oxygens (including phenoxy) is 2. The van der Waals surface area contributed by atoms with Crippen molar-refractivity contribution in [1.29, 1.82) is 0 Å². The standard InChI is InChI=1S/C41H36F4N6O6/c1-24-19-27(50-16-18-56-23-34(50)41(43,44)45)21-30(42)35(24)37(52)48-31(39(54)57-17-13-25-7-4-3-5-8-25)20-26-10-11-32(36-28(26)9-6-14-47-36)51-38(53)29-12-15-46-22-33(29)49(2)40(51)55/h3-12,14-15,19,21-22,31,34H,13,16-18,20,23H2,1-2H3,(H,48,52)/t31-,34+/m0/s1. The first-order chi connectivity index (χ1) is 27.3. The third-order valence-electron chi connectivity index (χ3n) is 9.98. The van der Waals surface area contributed by atoms with Crippen molar-refractivity contribution in [2.45, 2.75) is 38.0 Å². The number of morpholine rings is 1. The Labute approximate surface area is 322 Å². The van der Waals surface area contributed by atoms with Crippen molar-refractivity contribution >= 4 is 39.4 Å². The molecule has 2 atom stereocenters. The van der Waals surface area contributed by atoms with Gasteiger partial charge in [0.15, 0.2) is 0 Å². The summed E-state index contributed by atoms with van der Waals surface area (Å²) < 4.78 is 70.3. The number of rotatable bonds is 10. The molecule has 1 amide bonds. The number of alkyl halides is 3. The quantitative estimate of drug-likeness (QED) is 0.151. The van der Waals surface area contributed by atoms with E-state index in [2.05, 4.69) is 15.3 Å². The minimum atomic E-state index is -4.65. The van der Waals surface area contributed by atoms with Crippen LogP contribution in [0.3, 0.4) is 0 Å². The topological polar surface area (TPSA) is 138 Å². The lowest BCUT2D eigenvalue weighted by Crippen LogP contribution is -2.53. The lowest BCUT2D eigenvalue weighted by molar-refractivity contribution is -0.167. The Kier molecular flexibility index (Phi) is 10.9. The molecule has 12 nitrogen and oxygen atoms in total. The number of carbonyl (C=O) groups is 2. The number of pyridine rings is 2. The van der Waals surface area contributed by atoms with Gasteiger partial charge in [0, 0.05) is 49.9 Å². The summed E-state index contributed by atoms with van der Waals surface area (Å²) in [6, 6.07) is 16.0. The molecule has 0 spiro atoms. The van der Waals surface area contributed by atoms with Crippen LogP contribution in [0, 0.1) is 12.7 Å². The average Bonchev–Trinajstić information content (AvgIpc) is 3.20. The fourth-order valence-electron chi connectivity index (χ4n) is 7.10. The summed E-state index contributed by atoms with van der Waals surface area (Å²) in [6.07, 6.45) is -0.114. The minimum absolute atomic E-state index is 0.00208. The maximum Gasteiger partial charge on any atom is 0.411 e. The molecule has 7 rings (SSSR count). The molecule has 0 saturated carbocycles. The van der Waals surface area contributed by atoms with Crippen molar-refractivity contribution in [2.75, 3.05) is 31.3 Å². The number of esters is 1. The number of amides is 1. The molecule has 4 heterocycles. The second-order valence-electron chi connectivity index (χ2n) is 13.6. The number of aryl methyl sites for hydroxylation is 2. The number of halogens is 4. The van der Waals surface area contributed by atoms with Gasteiger partial charge in [0.25, 0.3) is 11.5 Å². The normalized spacial score (nSPS) is 15.1. The molecule has 1 saturated heterocycles.